The molecule has 0 radical (unpaired) electrons. The smallest absolute Gasteiger partial charge is 0.387 e. The molecule has 114 valence electrons. The first kappa shape index (κ1) is 16.9. The van der Waals surface area contributed by atoms with E-state index in [1.54, 1.807) is 18.2 Å². The van der Waals surface area contributed by atoms with Crippen LogP contribution in [0.15, 0.2) is 24.3 Å². The number of benzene rings is 1. The summed E-state index contributed by atoms with van der Waals surface area (Å²) in [5, 5.41) is 16.2. The van der Waals surface area contributed by atoms with Crippen molar-refractivity contribution in [3.8, 4) is 5.75 Å². The lowest BCUT2D eigenvalue weighted by Gasteiger charge is -2.11. The maximum absolute atomic E-state index is 12.0. The molecule has 1 saturated carbocycles. The van der Waals surface area contributed by atoms with Gasteiger partial charge in [0.25, 0.3) is 0 Å². The van der Waals surface area contributed by atoms with Gasteiger partial charge in [-0.1, -0.05) is 25.0 Å². The van der Waals surface area contributed by atoms with Crippen molar-refractivity contribution >= 4 is 0 Å². The summed E-state index contributed by atoms with van der Waals surface area (Å²) in [6.45, 7) is -0.135. The highest BCUT2D eigenvalue weighted by Crippen LogP contribution is 2.35. The average Bonchev–Trinajstić information content (AvgIpc) is 2.79. The second kappa shape index (κ2) is 7.55. The van der Waals surface area contributed by atoms with E-state index in [1.807, 2.05) is 6.07 Å². The minimum absolute atomic E-state index is 0.273. The van der Waals surface area contributed by atoms with E-state index in [1.165, 1.54) is 26.7 Å². The van der Waals surface area contributed by atoms with Crippen LogP contribution in [0.3, 0.4) is 0 Å². The van der Waals surface area contributed by atoms with Crippen LogP contribution in [0, 0.1) is 0 Å². The SMILES string of the molecule is CC(C)(O)O.FC(F)Oc1cccc(C2CCCC2)c1. The van der Waals surface area contributed by atoms with Gasteiger partial charge in [-0.05, 0) is 50.3 Å². The first-order valence-electron chi connectivity index (χ1n) is 6.75. The fourth-order valence-corrected chi connectivity index (χ4v) is 2.20. The molecule has 2 N–H and O–H groups in total. The van der Waals surface area contributed by atoms with Gasteiger partial charge in [0.1, 0.15) is 5.75 Å². The maximum atomic E-state index is 12.0. The second-order valence-corrected chi connectivity index (χ2v) is 5.43. The van der Waals surface area contributed by atoms with E-state index in [2.05, 4.69) is 4.74 Å². The molecule has 3 nitrogen and oxygen atoms in total. The van der Waals surface area contributed by atoms with Crippen LogP contribution in [-0.4, -0.2) is 22.6 Å². The van der Waals surface area contributed by atoms with Crippen molar-refractivity contribution in [2.24, 2.45) is 0 Å². The first-order valence-corrected chi connectivity index (χ1v) is 6.75. The van der Waals surface area contributed by atoms with Gasteiger partial charge in [0.15, 0.2) is 5.79 Å². The summed E-state index contributed by atoms with van der Waals surface area (Å²) in [6.07, 6.45) is 4.81. The summed E-state index contributed by atoms with van der Waals surface area (Å²) in [6, 6.07) is 7.09. The van der Waals surface area contributed by atoms with E-state index in [-0.39, 0.29) is 5.75 Å². The predicted octanol–water partition coefficient (Wildman–Crippen LogP) is 3.65. The van der Waals surface area contributed by atoms with E-state index < -0.39 is 12.4 Å². The van der Waals surface area contributed by atoms with E-state index in [9.17, 15) is 8.78 Å². The van der Waals surface area contributed by atoms with Gasteiger partial charge in [0.05, 0.1) is 0 Å². The zero-order valence-corrected chi connectivity index (χ0v) is 11.9. The van der Waals surface area contributed by atoms with Gasteiger partial charge >= 0.3 is 6.61 Å². The molecule has 5 heteroatoms. The molecule has 0 heterocycles. The summed E-state index contributed by atoms with van der Waals surface area (Å²) < 4.78 is 28.4. The van der Waals surface area contributed by atoms with E-state index in [4.69, 9.17) is 10.2 Å². The summed E-state index contributed by atoms with van der Waals surface area (Å²) in [7, 11) is 0. The van der Waals surface area contributed by atoms with Gasteiger partial charge in [-0.25, -0.2) is 0 Å². The molecule has 1 fully saturated rings. The van der Waals surface area contributed by atoms with Crippen LogP contribution in [0.2, 0.25) is 0 Å². The van der Waals surface area contributed by atoms with Crippen LogP contribution >= 0.6 is 0 Å². The van der Waals surface area contributed by atoms with Crippen molar-refractivity contribution in [2.45, 2.75) is 57.8 Å². The third-order valence-corrected chi connectivity index (χ3v) is 2.91. The van der Waals surface area contributed by atoms with Crippen molar-refractivity contribution in [2.75, 3.05) is 0 Å². The molecule has 0 amide bonds. The molecule has 0 bridgehead atoms. The van der Waals surface area contributed by atoms with Gasteiger partial charge in [-0.3, -0.25) is 0 Å². The number of ether oxygens (including phenoxy) is 1. The van der Waals surface area contributed by atoms with Gasteiger partial charge < -0.3 is 14.9 Å². The Morgan fingerprint density at radius 1 is 1.20 bits per heavy atom. The lowest BCUT2D eigenvalue weighted by atomic mass is 9.98. The van der Waals surface area contributed by atoms with Crippen molar-refractivity contribution in [3.05, 3.63) is 29.8 Å². The highest BCUT2D eigenvalue weighted by atomic mass is 19.3. The average molecular weight is 288 g/mol. The van der Waals surface area contributed by atoms with Gasteiger partial charge in [0.2, 0.25) is 0 Å². The van der Waals surface area contributed by atoms with Crippen molar-refractivity contribution in [3.63, 3.8) is 0 Å². The van der Waals surface area contributed by atoms with Crippen LogP contribution in [0.25, 0.3) is 0 Å². The third-order valence-electron chi connectivity index (χ3n) is 2.91. The molecule has 1 aliphatic carbocycles. The molecule has 1 aromatic carbocycles. The Balaban J connectivity index is 0.000000347. The predicted molar refractivity (Wildman–Crippen MR) is 72.8 cm³/mol. The molecule has 1 aliphatic rings. The largest absolute Gasteiger partial charge is 0.435 e. The fraction of sp³-hybridized carbons (Fsp3) is 0.600. The number of alkyl halides is 2. The Hall–Kier alpha value is -1.20. The lowest BCUT2D eigenvalue weighted by molar-refractivity contribution is -0.127. The first-order chi connectivity index (χ1) is 9.25. The van der Waals surface area contributed by atoms with E-state index in [0.717, 1.165) is 18.4 Å². The number of halogens is 2. The minimum Gasteiger partial charge on any atom is -0.435 e. The molecule has 0 unspecified atom stereocenters. The molecule has 1 aromatic rings. The molecule has 20 heavy (non-hydrogen) atoms. The van der Waals surface area contributed by atoms with Gasteiger partial charge in [-0.2, -0.15) is 8.78 Å². The van der Waals surface area contributed by atoms with Crippen LogP contribution in [-0.2, 0) is 0 Å². The number of hydrogen-bond donors (Lipinski definition) is 2. The standard InChI is InChI=1S/C12H14F2O.C3H8O2/c13-12(14)15-11-7-3-6-10(8-11)9-4-1-2-5-9;1-3(2,4)5/h3,6-9,12H,1-2,4-5H2;4-5H,1-2H3. The molecule has 0 aliphatic heterocycles. The second-order valence-electron chi connectivity index (χ2n) is 5.43. The Bertz CT molecular complexity index is 390. The Morgan fingerprint density at radius 2 is 1.75 bits per heavy atom. The van der Waals surface area contributed by atoms with Crippen molar-refractivity contribution in [1.29, 1.82) is 0 Å². The monoisotopic (exact) mass is 288 g/mol. The zero-order chi connectivity index (χ0) is 15.2. The maximum Gasteiger partial charge on any atom is 0.387 e. The fourth-order valence-electron chi connectivity index (χ4n) is 2.20. The van der Waals surface area contributed by atoms with Crippen LogP contribution in [0.5, 0.6) is 5.75 Å². The topological polar surface area (TPSA) is 49.7 Å². The zero-order valence-electron chi connectivity index (χ0n) is 11.9. The summed E-state index contributed by atoms with van der Waals surface area (Å²) >= 11 is 0. The molecule has 0 spiro atoms. The molecule has 0 aromatic heterocycles. The van der Waals surface area contributed by atoms with Crippen molar-refractivity contribution in [1.82, 2.24) is 0 Å². The third kappa shape index (κ3) is 7.40. The molecule has 0 atom stereocenters. The van der Waals surface area contributed by atoms with Gasteiger partial charge in [0, 0.05) is 0 Å². The molecular weight excluding hydrogens is 266 g/mol. The van der Waals surface area contributed by atoms with Gasteiger partial charge in [-0.15, -0.1) is 0 Å². The summed E-state index contributed by atoms with van der Waals surface area (Å²) in [4.78, 5) is 0. The Kier molecular flexibility index (Phi) is 6.36. The number of hydrogen-bond acceptors (Lipinski definition) is 3. The Morgan fingerprint density at radius 3 is 2.25 bits per heavy atom. The molecule has 0 saturated heterocycles. The van der Waals surface area contributed by atoms with Crippen LogP contribution in [0.1, 0.15) is 51.0 Å². The highest BCUT2D eigenvalue weighted by molar-refractivity contribution is 5.31. The minimum atomic E-state index is -2.73. The van der Waals surface area contributed by atoms with E-state index in [0.29, 0.717) is 5.92 Å². The van der Waals surface area contributed by atoms with Crippen LogP contribution < -0.4 is 4.74 Å². The molecular formula is C15H22F2O3. The number of aliphatic hydroxyl groups is 2. The van der Waals surface area contributed by atoms with Crippen molar-refractivity contribution < 1.29 is 23.7 Å². The number of rotatable bonds is 3. The quantitative estimate of drug-likeness (QED) is 0.835. The van der Waals surface area contributed by atoms with E-state index >= 15 is 0 Å². The lowest BCUT2D eigenvalue weighted by Crippen LogP contribution is -2.15. The Labute approximate surface area is 118 Å². The highest BCUT2D eigenvalue weighted by Gasteiger charge is 2.17. The summed E-state index contributed by atoms with van der Waals surface area (Å²) in [5.74, 6) is -0.694. The summed E-state index contributed by atoms with van der Waals surface area (Å²) in [5.41, 5.74) is 1.13. The molecule has 2 rings (SSSR count). The van der Waals surface area contributed by atoms with Crippen LogP contribution in [0.4, 0.5) is 8.78 Å². The normalized spacial score (nSPS) is 15.9.